The van der Waals surface area contributed by atoms with Gasteiger partial charge in [0.15, 0.2) is 5.88 Å². The molecule has 4 aromatic heterocycles. The van der Waals surface area contributed by atoms with E-state index in [1.54, 1.807) is 7.11 Å². The molecule has 10 heteroatoms. The first-order chi connectivity index (χ1) is 22.3. The minimum atomic E-state index is 0.0109. The van der Waals surface area contributed by atoms with E-state index >= 15 is 0 Å². The topological polar surface area (TPSA) is 111 Å². The van der Waals surface area contributed by atoms with Crippen LogP contribution in [0.15, 0.2) is 30.3 Å². The van der Waals surface area contributed by atoms with E-state index in [1.807, 2.05) is 26.3 Å². The van der Waals surface area contributed by atoms with Gasteiger partial charge < -0.3 is 24.8 Å². The Morgan fingerprint density at radius 2 is 1.87 bits per heavy atom. The smallest absolute Gasteiger partial charge is 0.254 e. The molecule has 3 aliphatic heterocycles. The predicted molar refractivity (Wildman–Crippen MR) is 177 cm³/mol. The molecule has 7 heterocycles. The van der Waals surface area contributed by atoms with Crippen molar-refractivity contribution < 1.29 is 14.3 Å². The molecule has 2 N–H and O–H groups in total. The van der Waals surface area contributed by atoms with E-state index < -0.39 is 0 Å². The monoisotopic (exact) mass is 623 g/mol. The molecule has 0 aromatic carbocycles. The molecule has 0 spiro atoms. The largest absolute Gasteiger partial charge is 0.482 e. The van der Waals surface area contributed by atoms with E-state index in [-0.39, 0.29) is 35.9 Å². The Morgan fingerprint density at radius 3 is 2.54 bits per heavy atom. The number of hydrogen-bond donors (Lipinski definition) is 1. The molecule has 4 atom stereocenters. The van der Waals surface area contributed by atoms with Gasteiger partial charge in [-0.25, -0.2) is 9.97 Å². The summed E-state index contributed by atoms with van der Waals surface area (Å²) in [5.74, 6) is 1.55. The first-order valence-electron chi connectivity index (χ1n) is 17.3. The van der Waals surface area contributed by atoms with Crippen molar-refractivity contribution >= 4 is 28.5 Å². The van der Waals surface area contributed by atoms with Gasteiger partial charge in [-0.1, -0.05) is 6.92 Å². The van der Waals surface area contributed by atoms with Crippen molar-refractivity contribution in [2.75, 3.05) is 20.2 Å². The summed E-state index contributed by atoms with van der Waals surface area (Å²) in [5, 5.41) is 1.07. The SMILES string of the molecule is CCC(CC(=O)N1CCCC1)c1ccc2cc(-c3nc4cc(C(=O)N5[C@H]6CC[C@@H]5[C@H](N)C6)cc(OC)n4c3C)n(CC3CC3)c2n1. The lowest BCUT2D eigenvalue weighted by Crippen LogP contribution is -2.40. The van der Waals surface area contributed by atoms with Gasteiger partial charge in [0, 0.05) is 72.8 Å². The van der Waals surface area contributed by atoms with Gasteiger partial charge in [-0.05, 0) is 88.5 Å². The van der Waals surface area contributed by atoms with Crippen molar-refractivity contribution in [3.05, 3.63) is 47.3 Å². The zero-order chi connectivity index (χ0) is 31.7. The highest BCUT2D eigenvalue weighted by Crippen LogP contribution is 2.40. The number of methoxy groups -OCH3 is 1. The molecule has 10 nitrogen and oxygen atoms in total. The van der Waals surface area contributed by atoms with Crippen LogP contribution in [0, 0.1) is 12.8 Å². The Labute approximate surface area is 269 Å². The van der Waals surface area contributed by atoms with Crippen LogP contribution in [0.1, 0.15) is 92.4 Å². The van der Waals surface area contributed by atoms with E-state index in [9.17, 15) is 9.59 Å². The predicted octanol–water partition coefficient (Wildman–Crippen LogP) is 5.29. The minimum Gasteiger partial charge on any atom is -0.482 e. The van der Waals surface area contributed by atoms with Crippen LogP contribution in [0.3, 0.4) is 0 Å². The zero-order valence-corrected chi connectivity index (χ0v) is 27.2. The van der Waals surface area contributed by atoms with Gasteiger partial charge in [0.1, 0.15) is 17.0 Å². The number of carbonyl (C=O) groups is 2. The highest BCUT2D eigenvalue weighted by molar-refractivity contribution is 5.97. The van der Waals surface area contributed by atoms with Crippen LogP contribution < -0.4 is 10.5 Å². The Hall–Kier alpha value is -3.92. The van der Waals surface area contributed by atoms with Gasteiger partial charge in [0.25, 0.3) is 5.91 Å². The standard InChI is InChI=1S/C36H45N7O3/c1-4-23(17-32(44)40-13-5-6-14-40)28-11-9-24-15-30(41(35(24)38-28)20-22-7-8-22)34-21(2)42-31(39-34)16-25(18-33(42)46-3)36(45)43-26-10-12-29(43)27(37)19-26/h9,11,15-16,18,22-23,26-27,29H,4-8,10,12-14,17,19-20,37H2,1-3H3/t23?,26-,27+,29+/m0/s1. The third-order valence-corrected chi connectivity index (χ3v) is 11.1. The van der Waals surface area contributed by atoms with Crippen molar-refractivity contribution in [1.29, 1.82) is 0 Å². The quantitative estimate of drug-likeness (QED) is 0.271. The average molecular weight is 624 g/mol. The maximum Gasteiger partial charge on any atom is 0.254 e. The van der Waals surface area contributed by atoms with Gasteiger partial charge in [-0.2, -0.15) is 0 Å². The van der Waals surface area contributed by atoms with Crippen LogP contribution in [0.5, 0.6) is 5.88 Å². The number of aromatic nitrogens is 4. The number of amides is 2. The molecule has 4 aromatic rings. The molecule has 2 amide bonds. The second-order valence-electron chi connectivity index (χ2n) is 14.1. The summed E-state index contributed by atoms with van der Waals surface area (Å²) in [6.07, 6.45) is 8.86. The van der Waals surface area contributed by atoms with Crippen LogP contribution in [-0.4, -0.2) is 78.9 Å². The summed E-state index contributed by atoms with van der Waals surface area (Å²) in [5.41, 5.74) is 12.4. The Bertz CT molecular complexity index is 1830. The molecule has 1 unspecified atom stereocenters. The molecule has 46 heavy (non-hydrogen) atoms. The number of hydrogen-bond acceptors (Lipinski definition) is 6. The number of nitrogens with zero attached hydrogens (tertiary/aromatic N) is 6. The molecule has 1 aliphatic carbocycles. The number of aryl methyl sites for hydroxylation is 1. The molecule has 4 fully saturated rings. The maximum absolute atomic E-state index is 13.8. The van der Waals surface area contributed by atoms with Crippen molar-refractivity contribution in [3.8, 4) is 17.3 Å². The molecule has 4 aliphatic rings. The molecule has 3 saturated heterocycles. The molecule has 1 saturated carbocycles. The zero-order valence-electron chi connectivity index (χ0n) is 27.2. The van der Waals surface area contributed by atoms with E-state index in [4.69, 9.17) is 20.4 Å². The first-order valence-corrected chi connectivity index (χ1v) is 17.3. The summed E-state index contributed by atoms with van der Waals surface area (Å²) in [6.45, 7) is 6.85. The lowest BCUT2D eigenvalue weighted by Gasteiger charge is -2.23. The van der Waals surface area contributed by atoms with Crippen LogP contribution >= 0.6 is 0 Å². The lowest BCUT2D eigenvalue weighted by atomic mass is 9.97. The summed E-state index contributed by atoms with van der Waals surface area (Å²) in [6, 6.07) is 10.6. The third kappa shape index (κ3) is 4.87. The molecule has 242 valence electrons. The van der Waals surface area contributed by atoms with Gasteiger partial charge in [0.05, 0.1) is 18.5 Å². The van der Waals surface area contributed by atoms with E-state index in [0.29, 0.717) is 29.4 Å². The Balaban J connectivity index is 1.18. The number of likely N-dealkylation sites (tertiary alicyclic amines) is 1. The number of nitrogens with two attached hydrogens (primary N) is 1. The number of ether oxygens (including phenoxy) is 1. The first kappa shape index (κ1) is 29.5. The minimum absolute atomic E-state index is 0.0109. The van der Waals surface area contributed by atoms with E-state index in [0.717, 1.165) is 92.0 Å². The highest BCUT2D eigenvalue weighted by atomic mass is 16.5. The Morgan fingerprint density at radius 1 is 1.07 bits per heavy atom. The van der Waals surface area contributed by atoms with E-state index in [2.05, 4.69) is 36.6 Å². The van der Waals surface area contributed by atoms with Gasteiger partial charge >= 0.3 is 0 Å². The van der Waals surface area contributed by atoms with Gasteiger partial charge in [-0.15, -0.1) is 0 Å². The highest BCUT2D eigenvalue weighted by Gasteiger charge is 2.47. The fourth-order valence-electron chi connectivity index (χ4n) is 8.37. The summed E-state index contributed by atoms with van der Waals surface area (Å²) in [4.78, 5) is 41.3. The normalized spacial score (nSPS) is 23.3. The van der Waals surface area contributed by atoms with Crippen LogP contribution in [-0.2, 0) is 11.3 Å². The Kier molecular flexibility index (Phi) is 7.31. The molecule has 8 rings (SSSR count). The fourth-order valence-corrected chi connectivity index (χ4v) is 8.37. The number of pyridine rings is 2. The van der Waals surface area contributed by atoms with Crippen LogP contribution in [0.2, 0.25) is 0 Å². The number of fused-ring (bicyclic) bond motifs is 4. The maximum atomic E-state index is 13.8. The second-order valence-corrected chi connectivity index (χ2v) is 14.1. The van der Waals surface area contributed by atoms with Crippen molar-refractivity contribution in [1.82, 2.24) is 28.7 Å². The van der Waals surface area contributed by atoms with Gasteiger partial charge in [-0.3, -0.25) is 14.0 Å². The summed E-state index contributed by atoms with van der Waals surface area (Å²) >= 11 is 0. The van der Waals surface area contributed by atoms with Gasteiger partial charge in [0.2, 0.25) is 5.91 Å². The second kappa shape index (κ2) is 11.4. The number of carbonyl (C=O) groups excluding carboxylic acids is 2. The van der Waals surface area contributed by atoms with E-state index in [1.165, 1.54) is 12.8 Å². The number of imidazole rings is 1. The molecule has 0 radical (unpaired) electrons. The van der Waals surface area contributed by atoms with Crippen molar-refractivity contribution in [2.24, 2.45) is 11.7 Å². The lowest BCUT2D eigenvalue weighted by molar-refractivity contribution is -0.130. The molecule has 2 bridgehead atoms. The van der Waals surface area contributed by atoms with Crippen molar-refractivity contribution in [2.45, 2.75) is 102 Å². The molecular weight excluding hydrogens is 578 g/mol. The fraction of sp³-hybridized carbons (Fsp3) is 0.556. The average Bonchev–Trinajstić information content (AvgIpc) is 3.48. The summed E-state index contributed by atoms with van der Waals surface area (Å²) < 4.78 is 10.2. The number of rotatable bonds is 9. The van der Waals surface area contributed by atoms with Crippen molar-refractivity contribution in [3.63, 3.8) is 0 Å². The van der Waals surface area contributed by atoms with Crippen LogP contribution in [0.4, 0.5) is 0 Å². The summed E-state index contributed by atoms with van der Waals surface area (Å²) in [7, 11) is 1.64. The van der Waals surface area contributed by atoms with Crippen LogP contribution in [0.25, 0.3) is 28.1 Å². The molecular formula is C36H45N7O3. The third-order valence-electron chi connectivity index (χ3n) is 11.1.